The van der Waals surface area contributed by atoms with Crippen molar-refractivity contribution in [2.75, 3.05) is 32.1 Å². The van der Waals surface area contributed by atoms with Crippen molar-refractivity contribution in [1.29, 1.82) is 5.26 Å². The first-order valence-corrected chi connectivity index (χ1v) is 5.25. The number of rotatable bonds is 6. The Morgan fingerprint density at radius 2 is 2.18 bits per heavy atom. The maximum atomic E-state index is 8.28. The highest BCUT2D eigenvalue weighted by molar-refractivity contribution is 7.98. The average Bonchev–Trinajstić information content (AvgIpc) is 2.01. The molecule has 0 aromatic carbocycles. The molecule has 0 saturated heterocycles. The van der Waals surface area contributed by atoms with E-state index in [0.29, 0.717) is 6.42 Å². The van der Waals surface area contributed by atoms with Crippen LogP contribution in [0, 0.1) is 11.3 Å². The summed E-state index contributed by atoms with van der Waals surface area (Å²) >= 11 is 1.86. The molecule has 0 saturated carbocycles. The number of nitriles is 1. The lowest BCUT2D eigenvalue weighted by atomic mass is 10.3. The summed E-state index contributed by atoms with van der Waals surface area (Å²) in [6.45, 7) is 2.18. The molecule has 0 atom stereocenters. The summed E-state index contributed by atoms with van der Waals surface area (Å²) in [6, 6.07) is 2.15. The van der Waals surface area contributed by atoms with Gasteiger partial charge in [-0.05, 0) is 26.3 Å². The molecule has 2 nitrogen and oxygen atoms in total. The van der Waals surface area contributed by atoms with Crippen LogP contribution < -0.4 is 0 Å². The molecule has 0 aromatic rings. The molecule has 0 amide bonds. The van der Waals surface area contributed by atoms with E-state index >= 15 is 0 Å². The highest BCUT2D eigenvalue weighted by Crippen LogP contribution is 1.95. The van der Waals surface area contributed by atoms with Crippen LogP contribution in [0.25, 0.3) is 0 Å². The molecule has 11 heavy (non-hydrogen) atoms. The summed E-state index contributed by atoms with van der Waals surface area (Å²) in [5, 5.41) is 8.28. The lowest BCUT2D eigenvalue weighted by molar-refractivity contribution is 0.352. The molecule has 3 heteroatoms. The molecule has 0 N–H and O–H groups in total. The quantitative estimate of drug-likeness (QED) is 0.569. The number of unbranched alkanes of at least 4 members (excludes halogenated alkanes) is 1. The van der Waals surface area contributed by atoms with Crippen molar-refractivity contribution in [3.63, 3.8) is 0 Å². The average molecular weight is 172 g/mol. The van der Waals surface area contributed by atoms with Crippen molar-refractivity contribution >= 4 is 11.8 Å². The van der Waals surface area contributed by atoms with Gasteiger partial charge in [0.15, 0.2) is 0 Å². The van der Waals surface area contributed by atoms with Crippen LogP contribution in [-0.2, 0) is 0 Å². The molecule has 0 radical (unpaired) electrons. The second-order valence-corrected chi connectivity index (χ2v) is 3.54. The van der Waals surface area contributed by atoms with Gasteiger partial charge in [-0.1, -0.05) is 0 Å². The Morgan fingerprint density at radius 1 is 1.45 bits per heavy atom. The summed E-state index contributed by atoms with van der Waals surface area (Å²) in [7, 11) is 2.10. The molecule has 0 bridgehead atoms. The van der Waals surface area contributed by atoms with Gasteiger partial charge in [0.1, 0.15) is 0 Å². The van der Waals surface area contributed by atoms with Crippen molar-refractivity contribution in [2.24, 2.45) is 0 Å². The second kappa shape index (κ2) is 7.90. The summed E-state index contributed by atoms with van der Waals surface area (Å²) < 4.78 is 0. The summed E-state index contributed by atoms with van der Waals surface area (Å²) in [5.74, 6) is 1.18. The standard InChI is InChI=1S/C8H16N2S/c1-10(7-8-11-2)6-4-3-5-9/h3-4,6-8H2,1-2H3. The van der Waals surface area contributed by atoms with E-state index in [1.165, 1.54) is 5.75 Å². The lowest BCUT2D eigenvalue weighted by Crippen LogP contribution is -2.22. The van der Waals surface area contributed by atoms with Gasteiger partial charge in [0.05, 0.1) is 6.07 Å². The molecule has 0 heterocycles. The molecule has 64 valence electrons. The first-order chi connectivity index (χ1) is 5.31. The van der Waals surface area contributed by atoms with Crippen LogP contribution in [-0.4, -0.2) is 37.0 Å². The minimum Gasteiger partial charge on any atom is -0.306 e. The third kappa shape index (κ3) is 7.70. The zero-order chi connectivity index (χ0) is 8.53. The van der Waals surface area contributed by atoms with Crippen molar-refractivity contribution in [3.05, 3.63) is 0 Å². The molecule has 0 spiro atoms. The lowest BCUT2D eigenvalue weighted by Gasteiger charge is -2.14. The Balaban J connectivity index is 3.10. The predicted molar refractivity (Wildman–Crippen MR) is 50.7 cm³/mol. The third-order valence-corrected chi connectivity index (χ3v) is 2.10. The van der Waals surface area contributed by atoms with Crippen LogP contribution in [0.2, 0.25) is 0 Å². The maximum Gasteiger partial charge on any atom is 0.0622 e. The van der Waals surface area contributed by atoms with Crippen molar-refractivity contribution < 1.29 is 0 Å². The van der Waals surface area contributed by atoms with E-state index in [1.54, 1.807) is 0 Å². The Kier molecular flexibility index (Phi) is 7.76. The SMILES string of the molecule is CSCCN(C)CCCC#N. The van der Waals surface area contributed by atoms with E-state index in [0.717, 1.165) is 19.5 Å². The monoisotopic (exact) mass is 172 g/mol. The van der Waals surface area contributed by atoms with Crippen LogP contribution in [0.1, 0.15) is 12.8 Å². The van der Waals surface area contributed by atoms with E-state index in [2.05, 4.69) is 24.3 Å². The van der Waals surface area contributed by atoms with E-state index in [4.69, 9.17) is 5.26 Å². The summed E-state index contributed by atoms with van der Waals surface area (Å²) in [6.07, 6.45) is 3.80. The van der Waals surface area contributed by atoms with Gasteiger partial charge in [-0.25, -0.2) is 0 Å². The molecular weight excluding hydrogens is 156 g/mol. The Labute approximate surface area is 73.6 Å². The molecular formula is C8H16N2S. The van der Waals surface area contributed by atoms with Crippen LogP contribution >= 0.6 is 11.8 Å². The second-order valence-electron chi connectivity index (χ2n) is 2.56. The minimum absolute atomic E-state index is 0.684. The molecule has 0 fully saturated rings. The molecule has 0 aliphatic carbocycles. The highest BCUT2D eigenvalue weighted by atomic mass is 32.2. The van der Waals surface area contributed by atoms with Gasteiger partial charge in [0, 0.05) is 18.7 Å². The minimum atomic E-state index is 0.684. The van der Waals surface area contributed by atoms with Gasteiger partial charge in [-0.2, -0.15) is 17.0 Å². The Morgan fingerprint density at radius 3 is 2.73 bits per heavy atom. The molecule has 0 rings (SSSR count). The molecule has 0 aromatic heterocycles. The first-order valence-electron chi connectivity index (χ1n) is 3.85. The Hall–Kier alpha value is -0.200. The van der Waals surface area contributed by atoms with Gasteiger partial charge in [0.25, 0.3) is 0 Å². The van der Waals surface area contributed by atoms with E-state index in [-0.39, 0.29) is 0 Å². The van der Waals surface area contributed by atoms with Crippen LogP contribution in [0.4, 0.5) is 0 Å². The van der Waals surface area contributed by atoms with E-state index in [9.17, 15) is 0 Å². The maximum absolute atomic E-state index is 8.28. The van der Waals surface area contributed by atoms with E-state index < -0.39 is 0 Å². The zero-order valence-corrected chi connectivity index (χ0v) is 8.15. The zero-order valence-electron chi connectivity index (χ0n) is 7.34. The number of hydrogen-bond acceptors (Lipinski definition) is 3. The fourth-order valence-corrected chi connectivity index (χ4v) is 1.28. The van der Waals surface area contributed by atoms with Crippen molar-refractivity contribution in [1.82, 2.24) is 4.90 Å². The fourth-order valence-electron chi connectivity index (χ4n) is 0.787. The van der Waals surface area contributed by atoms with Crippen LogP contribution in [0.3, 0.4) is 0 Å². The highest BCUT2D eigenvalue weighted by Gasteiger charge is 1.95. The van der Waals surface area contributed by atoms with Gasteiger partial charge >= 0.3 is 0 Å². The van der Waals surface area contributed by atoms with Gasteiger partial charge in [-0.3, -0.25) is 0 Å². The summed E-state index contributed by atoms with van der Waals surface area (Å²) in [5.41, 5.74) is 0. The van der Waals surface area contributed by atoms with Gasteiger partial charge in [-0.15, -0.1) is 0 Å². The molecule has 0 unspecified atom stereocenters. The molecule has 0 aliphatic rings. The molecule has 0 aliphatic heterocycles. The van der Waals surface area contributed by atoms with Gasteiger partial charge < -0.3 is 4.90 Å². The largest absolute Gasteiger partial charge is 0.306 e. The van der Waals surface area contributed by atoms with Crippen LogP contribution in [0.5, 0.6) is 0 Å². The normalized spacial score (nSPS) is 10.0. The Bertz CT molecular complexity index is 120. The third-order valence-electron chi connectivity index (χ3n) is 1.51. The van der Waals surface area contributed by atoms with Crippen molar-refractivity contribution in [3.8, 4) is 6.07 Å². The fraction of sp³-hybridized carbons (Fsp3) is 0.875. The first kappa shape index (κ1) is 10.8. The number of hydrogen-bond donors (Lipinski definition) is 0. The smallest absolute Gasteiger partial charge is 0.0622 e. The number of nitrogens with zero attached hydrogens (tertiary/aromatic N) is 2. The van der Waals surface area contributed by atoms with Crippen molar-refractivity contribution in [2.45, 2.75) is 12.8 Å². The number of thioether (sulfide) groups is 1. The van der Waals surface area contributed by atoms with Crippen LogP contribution in [0.15, 0.2) is 0 Å². The van der Waals surface area contributed by atoms with E-state index in [1.807, 2.05) is 11.8 Å². The van der Waals surface area contributed by atoms with Gasteiger partial charge in [0.2, 0.25) is 0 Å². The topological polar surface area (TPSA) is 27.0 Å². The summed E-state index contributed by atoms with van der Waals surface area (Å²) in [4.78, 5) is 2.27. The predicted octanol–water partition coefficient (Wildman–Crippen LogP) is 1.58.